The number of carbonyl (C=O) groups is 2. The normalized spacial score (nSPS) is 15.4. The Morgan fingerprint density at radius 2 is 1.65 bits per heavy atom. The third kappa shape index (κ3) is 4.61. The maximum atomic E-state index is 13.3. The van der Waals surface area contributed by atoms with Crippen LogP contribution in [0.4, 0.5) is 5.69 Å². The molecule has 3 aromatic carbocycles. The van der Waals surface area contributed by atoms with Gasteiger partial charge in [-0.05, 0) is 41.2 Å². The van der Waals surface area contributed by atoms with Gasteiger partial charge in [-0.15, -0.1) is 0 Å². The summed E-state index contributed by atoms with van der Waals surface area (Å²) in [4.78, 5) is 26.0. The van der Waals surface area contributed by atoms with E-state index < -0.39 is 6.17 Å². The number of rotatable bonds is 6. The lowest BCUT2D eigenvalue weighted by Gasteiger charge is -2.37. The van der Waals surface area contributed by atoms with E-state index in [4.69, 9.17) is 0 Å². The molecule has 0 spiro atoms. The highest BCUT2D eigenvalue weighted by molar-refractivity contribution is 6.02. The number of nitrogens with one attached hydrogen (secondary N) is 2. The summed E-state index contributed by atoms with van der Waals surface area (Å²) in [5.74, 6) is 0.00653. The Morgan fingerprint density at radius 3 is 2.35 bits per heavy atom. The second-order valence-electron chi connectivity index (χ2n) is 8.11. The number of benzene rings is 3. The smallest absolute Gasteiger partial charge is 0.276 e. The molecule has 5 nitrogen and oxygen atoms in total. The van der Waals surface area contributed by atoms with Crippen molar-refractivity contribution in [2.24, 2.45) is 0 Å². The van der Waals surface area contributed by atoms with E-state index >= 15 is 0 Å². The van der Waals surface area contributed by atoms with Crippen LogP contribution >= 0.6 is 0 Å². The van der Waals surface area contributed by atoms with Crippen molar-refractivity contribution in [1.82, 2.24) is 10.4 Å². The number of amides is 2. The summed E-state index contributed by atoms with van der Waals surface area (Å²) < 4.78 is 0. The molecule has 0 fully saturated rings. The lowest BCUT2D eigenvalue weighted by molar-refractivity contribution is -0.125. The van der Waals surface area contributed by atoms with E-state index in [1.165, 1.54) is 10.6 Å². The maximum Gasteiger partial charge on any atom is 0.276 e. The number of nitrogens with zero attached hydrogens (tertiary/aromatic N) is 1. The van der Waals surface area contributed by atoms with Gasteiger partial charge in [0.05, 0.1) is 5.56 Å². The lowest BCUT2D eigenvalue weighted by Crippen LogP contribution is -2.52. The molecule has 0 saturated heterocycles. The first kappa shape index (κ1) is 20.7. The van der Waals surface area contributed by atoms with Crippen LogP contribution in [0.1, 0.15) is 59.4 Å². The Labute approximate surface area is 183 Å². The van der Waals surface area contributed by atoms with E-state index in [0.717, 1.165) is 16.8 Å². The first-order chi connectivity index (χ1) is 15.0. The van der Waals surface area contributed by atoms with E-state index in [0.29, 0.717) is 24.3 Å². The van der Waals surface area contributed by atoms with Gasteiger partial charge in [-0.25, -0.2) is 5.01 Å². The molecular formula is C26H27N3O2. The quantitative estimate of drug-likeness (QED) is 0.595. The molecule has 2 N–H and O–H groups in total. The maximum absolute atomic E-state index is 13.3. The average molecular weight is 414 g/mol. The number of para-hydroxylation sites is 1. The molecule has 1 aliphatic heterocycles. The van der Waals surface area contributed by atoms with Gasteiger partial charge in [-0.1, -0.05) is 80.6 Å². The second kappa shape index (κ2) is 9.04. The first-order valence-corrected chi connectivity index (χ1v) is 10.7. The molecule has 0 bridgehead atoms. The summed E-state index contributed by atoms with van der Waals surface area (Å²) in [5.41, 5.74) is 7.38. The van der Waals surface area contributed by atoms with Gasteiger partial charge >= 0.3 is 0 Å². The third-order valence-electron chi connectivity index (χ3n) is 5.57. The van der Waals surface area contributed by atoms with Crippen LogP contribution in [0.5, 0.6) is 0 Å². The van der Waals surface area contributed by atoms with Crippen molar-refractivity contribution in [1.29, 1.82) is 0 Å². The van der Waals surface area contributed by atoms with Gasteiger partial charge in [0, 0.05) is 12.1 Å². The van der Waals surface area contributed by atoms with Gasteiger partial charge in [-0.3, -0.25) is 15.0 Å². The SMILES string of the molecule is CC(C)c1ccc(C2Nc3ccccc3C(=O)N2NC(=O)CCc2ccccc2)cc1. The molecule has 1 aliphatic rings. The van der Waals surface area contributed by atoms with Crippen molar-refractivity contribution in [3.8, 4) is 0 Å². The Kier molecular flexibility index (Phi) is 6.03. The fourth-order valence-electron chi connectivity index (χ4n) is 3.76. The zero-order valence-corrected chi connectivity index (χ0v) is 17.8. The predicted molar refractivity (Wildman–Crippen MR) is 122 cm³/mol. The Bertz CT molecular complexity index is 1060. The van der Waals surface area contributed by atoms with Crippen LogP contribution in [-0.4, -0.2) is 16.8 Å². The number of hydrazine groups is 1. The van der Waals surface area contributed by atoms with Crippen LogP contribution in [0, 0.1) is 0 Å². The van der Waals surface area contributed by atoms with E-state index in [1.807, 2.05) is 60.7 Å². The van der Waals surface area contributed by atoms with E-state index in [1.54, 1.807) is 6.07 Å². The zero-order valence-electron chi connectivity index (χ0n) is 17.8. The van der Waals surface area contributed by atoms with Crippen LogP contribution < -0.4 is 10.7 Å². The number of fused-ring (bicyclic) bond motifs is 1. The van der Waals surface area contributed by atoms with Crippen LogP contribution in [-0.2, 0) is 11.2 Å². The predicted octanol–water partition coefficient (Wildman–Crippen LogP) is 5.04. The molecule has 1 heterocycles. The molecule has 158 valence electrons. The summed E-state index contributed by atoms with van der Waals surface area (Å²) in [6, 6.07) is 25.4. The average Bonchev–Trinajstić information content (AvgIpc) is 2.80. The Hall–Kier alpha value is -3.60. The third-order valence-corrected chi connectivity index (χ3v) is 5.57. The first-order valence-electron chi connectivity index (χ1n) is 10.7. The highest BCUT2D eigenvalue weighted by atomic mass is 16.2. The number of hydrogen-bond donors (Lipinski definition) is 2. The number of anilines is 1. The highest BCUT2D eigenvalue weighted by Gasteiger charge is 2.34. The van der Waals surface area contributed by atoms with Gasteiger partial charge in [0.2, 0.25) is 5.91 Å². The van der Waals surface area contributed by atoms with Gasteiger partial charge in [0.1, 0.15) is 6.17 Å². The summed E-state index contributed by atoms with van der Waals surface area (Å²) >= 11 is 0. The van der Waals surface area contributed by atoms with Gasteiger partial charge < -0.3 is 5.32 Å². The lowest BCUT2D eigenvalue weighted by atomic mass is 9.99. The fourth-order valence-corrected chi connectivity index (χ4v) is 3.76. The molecule has 0 aromatic heterocycles. The van der Waals surface area contributed by atoms with Crippen LogP contribution in [0.2, 0.25) is 0 Å². The van der Waals surface area contributed by atoms with Gasteiger partial charge in [-0.2, -0.15) is 0 Å². The molecule has 31 heavy (non-hydrogen) atoms. The van der Waals surface area contributed by atoms with Crippen LogP contribution in [0.15, 0.2) is 78.9 Å². The van der Waals surface area contributed by atoms with Crippen molar-refractivity contribution < 1.29 is 9.59 Å². The topological polar surface area (TPSA) is 61.4 Å². The molecule has 0 aliphatic carbocycles. The largest absolute Gasteiger partial charge is 0.359 e. The Balaban J connectivity index is 1.57. The van der Waals surface area contributed by atoms with Crippen molar-refractivity contribution >= 4 is 17.5 Å². The summed E-state index contributed by atoms with van der Waals surface area (Å²) in [6.07, 6.45) is 0.435. The minimum Gasteiger partial charge on any atom is -0.359 e. The van der Waals surface area contributed by atoms with Gasteiger partial charge in [0.25, 0.3) is 5.91 Å². The molecular weight excluding hydrogens is 386 g/mol. The minimum absolute atomic E-state index is 0.192. The van der Waals surface area contributed by atoms with Crippen molar-refractivity contribution in [3.05, 3.63) is 101 Å². The standard InChI is InChI=1S/C26H27N3O2/c1-18(2)20-13-15-21(16-14-20)25-27-23-11-7-6-10-22(23)26(31)29(25)28-24(30)17-12-19-8-4-3-5-9-19/h3-11,13-16,18,25,27H,12,17H2,1-2H3,(H,28,30). The minimum atomic E-state index is -0.482. The summed E-state index contributed by atoms with van der Waals surface area (Å²) in [5, 5.41) is 4.83. The fraction of sp³-hybridized carbons (Fsp3) is 0.231. The van der Waals surface area contributed by atoms with Crippen LogP contribution in [0.3, 0.4) is 0 Å². The molecule has 1 atom stereocenters. The molecule has 1 unspecified atom stereocenters. The molecule has 0 saturated carbocycles. The monoisotopic (exact) mass is 413 g/mol. The highest BCUT2D eigenvalue weighted by Crippen LogP contribution is 2.32. The molecule has 0 radical (unpaired) electrons. The second-order valence-corrected chi connectivity index (χ2v) is 8.11. The van der Waals surface area contributed by atoms with E-state index in [-0.39, 0.29) is 11.8 Å². The number of carbonyl (C=O) groups excluding carboxylic acids is 2. The van der Waals surface area contributed by atoms with Crippen molar-refractivity contribution in [3.63, 3.8) is 0 Å². The van der Waals surface area contributed by atoms with Gasteiger partial charge in [0.15, 0.2) is 0 Å². The van der Waals surface area contributed by atoms with E-state index in [9.17, 15) is 9.59 Å². The molecule has 3 aromatic rings. The summed E-state index contributed by atoms with van der Waals surface area (Å²) in [6.45, 7) is 4.29. The number of hydrogen-bond acceptors (Lipinski definition) is 3. The van der Waals surface area contributed by atoms with E-state index in [2.05, 4.69) is 36.7 Å². The Morgan fingerprint density at radius 1 is 0.968 bits per heavy atom. The molecule has 2 amide bonds. The molecule has 5 heteroatoms. The van der Waals surface area contributed by atoms with Crippen molar-refractivity contribution in [2.45, 2.75) is 38.8 Å². The van der Waals surface area contributed by atoms with Crippen molar-refractivity contribution in [2.75, 3.05) is 5.32 Å². The van der Waals surface area contributed by atoms with Crippen LogP contribution in [0.25, 0.3) is 0 Å². The number of aryl methyl sites for hydroxylation is 1. The molecule has 4 rings (SSSR count). The zero-order chi connectivity index (χ0) is 21.8. The summed E-state index contributed by atoms with van der Waals surface area (Å²) in [7, 11) is 0.